The van der Waals surface area contributed by atoms with Gasteiger partial charge in [0.1, 0.15) is 22.8 Å². The predicted molar refractivity (Wildman–Crippen MR) is 150 cm³/mol. The number of ketones is 2. The topological polar surface area (TPSA) is 200 Å². The van der Waals surface area contributed by atoms with Gasteiger partial charge in [-0.05, 0) is 54.7 Å². The molecule has 3 aliphatic carbocycles. The molecule has 3 aliphatic rings. The Bertz CT molecular complexity index is 1600. The Balaban J connectivity index is 1.60. The van der Waals surface area contributed by atoms with Crippen LogP contribution in [-0.4, -0.2) is 63.7 Å². The van der Waals surface area contributed by atoms with Crippen LogP contribution in [0.1, 0.15) is 24.0 Å². The smallest absolute Gasteiger partial charge is 0.417 e. The van der Waals surface area contributed by atoms with E-state index < -0.39 is 70.3 Å². The van der Waals surface area contributed by atoms with E-state index in [4.69, 9.17) is 10.5 Å². The number of nitrogens with zero attached hydrogens (tertiary/aromatic N) is 1. The Labute approximate surface area is 241 Å². The monoisotopic (exact) mass is 627 g/mol. The van der Waals surface area contributed by atoms with Gasteiger partial charge in [0.2, 0.25) is 5.78 Å². The molecule has 3 atom stereocenters. The third kappa shape index (κ3) is 4.41. The van der Waals surface area contributed by atoms with Crippen molar-refractivity contribution in [2.45, 2.75) is 24.9 Å². The van der Waals surface area contributed by atoms with Crippen LogP contribution in [0.5, 0.6) is 11.5 Å². The van der Waals surface area contributed by atoms with Gasteiger partial charge in [-0.15, -0.1) is 0 Å². The molecule has 214 valence electrons. The number of carbonyl (C=O) groups excluding carboxylic acids is 4. The maximum atomic E-state index is 13.7. The number of hydrogen-bond donors (Lipinski definition) is 6. The maximum absolute atomic E-state index is 13.7. The zero-order valence-corrected chi connectivity index (χ0v) is 23.5. The van der Waals surface area contributed by atoms with Gasteiger partial charge in [-0.2, -0.15) is 0 Å². The van der Waals surface area contributed by atoms with E-state index in [1.807, 2.05) is 0 Å². The normalized spacial score (nSPS) is 23.4. The molecule has 2 amide bonds. The molecule has 1 fully saturated rings. The summed E-state index contributed by atoms with van der Waals surface area (Å²) in [6.45, 7) is 0. The third-order valence-electron chi connectivity index (χ3n) is 7.78. The molecule has 0 bridgehead atoms. The number of aliphatic hydroxyl groups is 3. The first-order valence-electron chi connectivity index (χ1n) is 12.5. The molecule has 0 heterocycles. The van der Waals surface area contributed by atoms with Crippen molar-refractivity contribution >= 4 is 56.6 Å². The fraction of sp³-hybridized carbons (Fsp3) is 0.286. The number of phenolic OH excluding ortho intramolecular Hbond substituents is 1. The Morgan fingerprint density at radius 2 is 1.78 bits per heavy atom. The van der Waals surface area contributed by atoms with E-state index >= 15 is 0 Å². The van der Waals surface area contributed by atoms with Crippen LogP contribution >= 0.6 is 15.9 Å². The van der Waals surface area contributed by atoms with Crippen molar-refractivity contribution in [1.29, 1.82) is 0 Å². The summed E-state index contributed by atoms with van der Waals surface area (Å²) < 4.78 is 6.05. The average Bonchev–Trinajstić information content (AvgIpc) is 2.88. The lowest BCUT2D eigenvalue weighted by molar-refractivity contribution is -0.147. The quantitative estimate of drug-likeness (QED) is 0.216. The second kappa shape index (κ2) is 9.93. The van der Waals surface area contributed by atoms with Gasteiger partial charge in [-0.3, -0.25) is 19.7 Å². The van der Waals surface area contributed by atoms with Gasteiger partial charge in [-0.1, -0.05) is 15.9 Å². The SMILES string of the molecule is CN(C)c1cc(NC(=O)Oc2ccc(Br)cc2)c(O)c2c1C[C@H]1C[C@H]3CC(=O)C(C(N)=O)=C(O)[C@@]3(O)C(=O)C1=C2O. The van der Waals surface area contributed by atoms with Gasteiger partial charge in [-0.25, -0.2) is 4.79 Å². The van der Waals surface area contributed by atoms with Crippen molar-refractivity contribution in [3.63, 3.8) is 0 Å². The fourth-order valence-corrected chi connectivity index (χ4v) is 6.17. The molecule has 0 saturated heterocycles. The number of benzene rings is 2. The minimum absolute atomic E-state index is 0.00998. The molecular formula is C28H26BrN3O9. The molecule has 0 aliphatic heterocycles. The van der Waals surface area contributed by atoms with Crippen molar-refractivity contribution < 1.29 is 44.3 Å². The molecule has 41 heavy (non-hydrogen) atoms. The number of nitrogens with one attached hydrogen (secondary N) is 1. The summed E-state index contributed by atoms with van der Waals surface area (Å²) >= 11 is 3.29. The number of anilines is 2. The van der Waals surface area contributed by atoms with Crippen LogP contribution in [0.4, 0.5) is 16.2 Å². The minimum Gasteiger partial charge on any atom is -0.508 e. The summed E-state index contributed by atoms with van der Waals surface area (Å²) in [6.07, 6.45) is -1.20. The number of fused-ring (bicyclic) bond motifs is 3. The molecule has 2 aromatic carbocycles. The summed E-state index contributed by atoms with van der Waals surface area (Å²) in [5.74, 6) is -7.08. The van der Waals surface area contributed by atoms with E-state index in [1.54, 1.807) is 43.3 Å². The number of aliphatic hydroxyl groups excluding tert-OH is 2. The highest BCUT2D eigenvalue weighted by Crippen LogP contribution is 2.54. The van der Waals surface area contributed by atoms with Crippen LogP contribution in [0.15, 0.2) is 51.7 Å². The lowest BCUT2D eigenvalue weighted by Gasteiger charge is -2.46. The number of ether oxygens (including phenoxy) is 1. The first-order chi connectivity index (χ1) is 19.2. The largest absolute Gasteiger partial charge is 0.508 e. The highest BCUT2D eigenvalue weighted by Gasteiger charge is 2.60. The van der Waals surface area contributed by atoms with Gasteiger partial charge >= 0.3 is 6.09 Å². The molecule has 0 spiro atoms. The molecule has 2 aromatic rings. The van der Waals surface area contributed by atoms with Crippen molar-refractivity contribution in [2.75, 3.05) is 24.3 Å². The first-order valence-corrected chi connectivity index (χ1v) is 13.3. The van der Waals surface area contributed by atoms with Crippen LogP contribution < -0.4 is 20.7 Å². The average molecular weight is 628 g/mol. The number of rotatable bonds is 4. The molecular weight excluding hydrogens is 602 g/mol. The predicted octanol–water partition coefficient (Wildman–Crippen LogP) is 2.86. The molecule has 7 N–H and O–H groups in total. The Kier molecular flexibility index (Phi) is 6.82. The van der Waals surface area contributed by atoms with Gasteiger partial charge in [0.05, 0.1) is 11.3 Å². The van der Waals surface area contributed by atoms with Crippen molar-refractivity contribution in [3.05, 3.63) is 62.8 Å². The zero-order chi connectivity index (χ0) is 30.0. The zero-order valence-electron chi connectivity index (χ0n) is 21.9. The van der Waals surface area contributed by atoms with E-state index in [2.05, 4.69) is 21.2 Å². The Morgan fingerprint density at radius 1 is 1.12 bits per heavy atom. The van der Waals surface area contributed by atoms with Crippen LogP contribution in [0.3, 0.4) is 0 Å². The number of aromatic hydroxyl groups is 1. The number of amides is 2. The van der Waals surface area contributed by atoms with Crippen molar-refractivity contribution in [1.82, 2.24) is 0 Å². The maximum Gasteiger partial charge on any atom is 0.417 e. The summed E-state index contributed by atoms with van der Waals surface area (Å²) in [4.78, 5) is 52.4. The molecule has 13 heteroatoms. The lowest BCUT2D eigenvalue weighted by atomic mass is 9.59. The van der Waals surface area contributed by atoms with E-state index in [-0.39, 0.29) is 35.4 Å². The number of hydrogen-bond acceptors (Lipinski definition) is 10. The van der Waals surface area contributed by atoms with E-state index in [9.17, 15) is 39.6 Å². The Morgan fingerprint density at radius 3 is 2.39 bits per heavy atom. The summed E-state index contributed by atoms with van der Waals surface area (Å²) in [5, 5.41) is 47.2. The van der Waals surface area contributed by atoms with Gasteiger partial charge in [0.25, 0.3) is 5.91 Å². The molecule has 0 aromatic heterocycles. The second-order valence-electron chi connectivity index (χ2n) is 10.4. The summed E-state index contributed by atoms with van der Waals surface area (Å²) in [5.41, 5.74) is 2.11. The molecule has 0 unspecified atom stereocenters. The lowest BCUT2D eigenvalue weighted by Crippen LogP contribution is -2.58. The Hall–Kier alpha value is -4.36. The second-order valence-corrected chi connectivity index (χ2v) is 11.3. The standard InChI is InChI=1S/C28H26BrN3O9/c1-32(2)17-10-16(31-27(39)41-14-5-3-13(29)4-6-14)22(34)20-15(17)8-11-7-12-9-18(33)21(26(30)38)25(37)28(12,40)24(36)19(11)23(20)35/h3-6,10-12,34-35,37,40H,7-9H2,1-2H3,(H2,30,38)(H,31,39)/t11-,12+,28+/m1/s1. The van der Waals surface area contributed by atoms with E-state index in [0.717, 1.165) is 4.47 Å². The van der Waals surface area contributed by atoms with Crippen LogP contribution in [-0.2, 0) is 20.8 Å². The van der Waals surface area contributed by atoms with Crippen LogP contribution in [0.2, 0.25) is 0 Å². The number of halogens is 1. The minimum atomic E-state index is -2.67. The van der Waals surface area contributed by atoms with Crippen molar-refractivity contribution in [2.24, 2.45) is 17.6 Å². The third-order valence-corrected chi connectivity index (χ3v) is 8.31. The highest BCUT2D eigenvalue weighted by molar-refractivity contribution is 9.10. The van der Waals surface area contributed by atoms with E-state index in [1.165, 1.54) is 6.07 Å². The first kappa shape index (κ1) is 28.2. The van der Waals surface area contributed by atoms with E-state index in [0.29, 0.717) is 11.3 Å². The summed E-state index contributed by atoms with van der Waals surface area (Å²) in [7, 11) is 3.43. The fourth-order valence-electron chi connectivity index (χ4n) is 5.91. The van der Waals surface area contributed by atoms with Gasteiger partial charge in [0, 0.05) is 42.2 Å². The summed E-state index contributed by atoms with van der Waals surface area (Å²) in [6, 6.07) is 7.94. The van der Waals surface area contributed by atoms with Gasteiger partial charge < -0.3 is 35.8 Å². The molecule has 0 radical (unpaired) electrons. The van der Waals surface area contributed by atoms with Gasteiger partial charge in [0.15, 0.2) is 17.1 Å². The molecule has 1 saturated carbocycles. The number of nitrogens with two attached hydrogens (primary N) is 1. The number of phenols is 1. The van der Waals surface area contributed by atoms with Crippen LogP contribution in [0.25, 0.3) is 5.76 Å². The number of carbonyl (C=O) groups is 4. The van der Waals surface area contributed by atoms with Crippen LogP contribution in [0, 0.1) is 11.8 Å². The number of primary amides is 1. The number of Topliss-reactive ketones (excluding diaryl/α,β-unsaturated/α-hetero) is 2. The van der Waals surface area contributed by atoms with Crippen molar-refractivity contribution in [3.8, 4) is 11.5 Å². The molecule has 12 nitrogen and oxygen atoms in total. The molecule has 5 rings (SSSR count). The highest BCUT2D eigenvalue weighted by atomic mass is 79.9.